The second-order valence-electron chi connectivity index (χ2n) is 3.85. The fourth-order valence-corrected chi connectivity index (χ4v) is 1.38. The zero-order chi connectivity index (χ0) is 14.3. The van der Waals surface area contributed by atoms with E-state index in [1.54, 1.807) is 21.0 Å². The molecule has 1 aromatic rings. The van der Waals surface area contributed by atoms with Crippen LogP contribution in [0.3, 0.4) is 0 Å². The van der Waals surface area contributed by atoms with Gasteiger partial charge in [0.1, 0.15) is 12.2 Å². The Balaban J connectivity index is 2.58. The molecule has 1 N–H and O–H groups in total. The molecule has 0 fully saturated rings. The van der Waals surface area contributed by atoms with Crippen LogP contribution in [-0.4, -0.2) is 54.8 Å². The summed E-state index contributed by atoms with van der Waals surface area (Å²) in [6.07, 6.45) is 0. The van der Waals surface area contributed by atoms with Gasteiger partial charge in [-0.15, -0.1) is 5.10 Å². The molecule has 0 atom stereocenters. The highest BCUT2D eigenvalue weighted by atomic mass is 16.5. The predicted octanol–water partition coefficient (Wildman–Crippen LogP) is 0.833. The molecule has 106 valence electrons. The van der Waals surface area contributed by atoms with Crippen LogP contribution in [0.25, 0.3) is 0 Å². The highest BCUT2D eigenvalue weighted by molar-refractivity contribution is 5.91. The van der Waals surface area contributed by atoms with Crippen LogP contribution in [0.15, 0.2) is 0 Å². The molecule has 1 aromatic heterocycles. The lowest BCUT2D eigenvalue weighted by molar-refractivity contribution is 0.0524. The van der Waals surface area contributed by atoms with Gasteiger partial charge in [-0.25, -0.2) is 4.79 Å². The van der Waals surface area contributed by atoms with E-state index >= 15 is 0 Å². The molecule has 1 heterocycles. The average Bonchev–Trinajstić information content (AvgIpc) is 2.37. The SMILES string of the molecule is COCCOCCOc1nnc(C)c(C)c1C(=O)O. The number of aryl methyl sites for hydroxylation is 1. The van der Waals surface area contributed by atoms with Crippen LogP contribution in [0.2, 0.25) is 0 Å². The molecular weight excluding hydrogens is 252 g/mol. The summed E-state index contributed by atoms with van der Waals surface area (Å²) in [5.74, 6) is -1.06. The second kappa shape index (κ2) is 7.65. The lowest BCUT2D eigenvalue weighted by atomic mass is 10.1. The van der Waals surface area contributed by atoms with Crippen molar-refractivity contribution in [3.05, 3.63) is 16.8 Å². The Kier molecular flexibility index (Phi) is 6.17. The summed E-state index contributed by atoms with van der Waals surface area (Å²) in [5.41, 5.74) is 1.17. The third-order valence-corrected chi connectivity index (χ3v) is 2.53. The molecule has 0 aromatic carbocycles. The first kappa shape index (κ1) is 15.3. The van der Waals surface area contributed by atoms with E-state index in [1.165, 1.54) is 0 Å². The minimum Gasteiger partial charge on any atom is -0.477 e. The van der Waals surface area contributed by atoms with E-state index in [0.717, 1.165) is 0 Å². The number of carboxylic acid groups (broad SMARTS) is 1. The van der Waals surface area contributed by atoms with Crippen LogP contribution in [0, 0.1) is 13.8 Å². The zero-order valence-electron chi connectivity index (χ0n) is 11.3. The van der Waals surface area contributed by atoms with Crippen molar-refractivity contribution in [3.63, 3.8) is 0 Å². The van der Waals surface area contributed by atoms with Gasteiger partial charge in [0.2, 0.25) is 5.88 Å². The first-order chi connectivity index (χ1) is 9.07. The van der Waals surface area contributed by atoms with E-state index in [2.05, 4.69) is 10.2 Å². The topological polar surface area (TPSA) is 90.8 Å². The summed E-state index contributed by atoms with van der Waals surface area (Å²) < 4.78 is 15.3. The van der Waals surface area contributed by atoms with Crippen molar-refractivity contribution in [2.24, 2.45) is 0 Å². The van der Waals surface area contributed by atoms with Crippen molar-refractivity contribution < 1.29 is 24.1 Å². The minimum atomic E-state index is -1.08. The average molecular weight is 270 g/mol. The first-order valence-electron chi connectivity index (χ1n) is 5.84. The standard InChI is InChI=1S/C12H18N2O5/c1-8-9(2)13-14-11(10(8)12(15)16)19-7-6-18-5-4-17-3/h4-7H2,1-3H3,(H,15,16). The molecular formula is C12H18N2O5. The number of nitrogens with zero attached hydrogens (tertiary/aromatic N) is 2. The van der Waals surface area contributed by atoms with Gasteiger partial charge in [-0.2, -0.15) is 5.10 Å². The van der Waals surface area contributed by atoms with Crippen molar-refractivity contribution in [2.45, 2.75) is 13.8 Å². The van der Waals surface area contributed by atoms with E-state index in [4.69, 9.17) is 19.3 Å². The molecule has 0 saturated carbocycles. The van der Waals surface area contributed by atoms with Crippen LogP contribution in [0.4, 0.5) is 0 Å². The number of rotatable bonds is 8. The van der Waals surface area contributed by atoms with Gasteiger partial charge in [0.05, 0.1) is 25.5 Å². The maximum atomic E-state index is 11.2. The quantitative estimate of drug-likeness (QED) is 0.700. The van der Waals surface area contributed by atoms with Crippen molar-refractivity contribution in [2.75, 3.05) is 33.5 Å². The first-order valence-corrected chi connectivity index (χ1v) is 5.84. The van der Waals surface area contributed by atoms with Gasteiger partial charge < -0.3 is 19.3 Å². The largest absolute Gasteiger partial charge is 0.477 e. The highest BCUT2D eigenvalue weighted by Crippen LogP contribution is 2.20. The summed E-state index contributed by atoms with van der Waals surface area (Å²) in [7, 11) is 1.59. The Hall–Kier alpha value is -1.73. The fourth-order valence-electron chi connectivity index (χ4n) is 1.38. The summed E-state index contributed by atoms with van der Waals surface area (Å²) in [6.45, 7) is 4.88. The summed E-state index contributed by atoms with van der Waals surface area (Å²) in [5, 5.41) is 16.8. The maximum Gasteiger partial charge on any atom is 0.341 e. The number of ether oxygens (including phenoxy) is 3. The van der Waals surface area contributed by atoms with E-state index in [9.17, 15) is 4.79 Å². The number of hydrogen-bond donors (Lipinski definition) is 1. The smallest absolute Gasteiger partial charge is 0.341 e. The van der Waals surface area contributed by atoms with Gasteiger partial charge in [-0.3, -0.25) is 0 Å². The monoisotopic (exact) mass is 270 g/mol. The molecule has 7 nitrogen and oxygen atoms in total. The molecule has 7 heteroatoms. The third-order valence-electron chi connectivity index (χ3n) is 2.53. The Morgan fingerprint density at radius 2 is 1.84 bits per heavy atom. The van der Waals surface area contributed by atoms with Gasteiger partial charge in [-0.1, -0.05) is 0 Å². The van der Waals surface area contributed by atoms with Gasteiger partial charge in [0, 0.05) is 7.11 Å². The second-order valence-corrected chi connectivity index (χ2v) is 3.85. The van der Waals surface area contributed by atoms with E-state index < -0.39 is 5.97 Å². The fraction of sp³-hybridized carbons (Fsp3) is 0.583. The van der Waals surface area contributed by atoms with Crippen molar-refractivity contribution in [1.82, 2.24) is 10.2 Å². The van der Waals surface area contributed by atoms with Gasteiger partial charge in [0.15, 0.2) is 0 Å². The molecule has 0 amide bonds. The van der Waals surface area contributed by atoms with Crippen molar-refractivity contribution >= 4 is 5.97 Å². The number of aromatic carboxylic acids is 1. The zero-order valence-corrected chi connectivity index (χ0v) is 11.3. The van der Waals surface area contributed by atoms with Crippen molar-refractivity contribution in [1.29, 1.82) is 0 Å². The molecule has 0 saturated heterocycles. The van der Waals surface area contributed by atoms with Crippen LogP contribution >= 0.6 is 0 Å². The Morgan fingerprint density at radius 3 is 2.47 bits per heavy atom. The minimum absolute atomic E-state index is 0.0194. The van der Waals surface area contributed by atoms with Crippen LogP contribution < -0.4 is 4.74 Å². The summed E-state index contributed by atoms with van der Waals surface area (Å²) >= 11 is 0. The molecule has 0 aliphatic heterocycles. The van der Waals surface area contributed by atoms with Crippen LogP contribution in [0.1, 0.15) is 21.6 Å². The predicted molar refractivity (Wildman–Crippen MR) is 66.7 cm³/mol. The third kappa shape index (κ3) is 4.46. The van der Waals surface area contributed by atoms with Gasteiger partial charge in [-0.05, 0) is 19.4 Å². The van der Waals surface area contributed by atoms with Crippen LogP contribution in [0.5, 0.6) is 5.88 Å². The van der Waals surface area contributed by atoms with Gasteiger partial charge >= 0.3 is 5.97 Å². The van der Waals surface area contributed by atoms with Crippen LogP contribution in [-0.2, 0) is 9.47 Å². The Labute approximate surface area is 111 Å². The number of carbonyl (C=O) groups is 1. The molecule has 1 rings (SSSR count). The lowest BCUT2D eigenvalue weighted by Crippen LogP contribution is -2.14. The van der Waals surface area contributed by atoms with Crippen molar-refractivity contribution in [3.8, 4) is 5.88 Å². The maximum absolute atomic E-state index is 11.2. The van der Waals surface area contributed by atoms with E-state index in [0.29, 0.717) is 31.1 Å². The Morgan fingerprint density at radius 1 is 1.16 bits per heavy atom. The molecule has 19 heavy (non-hydrogen) atoms. The number of methoxy groups -OCH3 is 1. The van der Waals surface area contributed by atoms with E-state index in [-0.39, 0.29) is 18.1 Å². The molecule has 0 bridgehead atoms. The molecule has 0 spiro atoms. The molecule has 0 radical (unpaired) electrons. The number of aromatic nitrogens is 2. The van der Waals surface area contributed by atoms with Gasteiger partial charge in [0.25, 0.3) is 0 Å². The normalized spacial score (nSPS) is 10.5. The van der Waals surface area contributed by atoms with E-state index in [1.807, 2.05) is 0 Å². The number of carboxylic acids is 1. The lowest BCUT2D eigenvalue weighted by Gasteiger charge is -2.10. The molecule has 0 unspecified atom stereocenters. The molecule has 0 aliphatic carbocycles. The highest BCUT2D eigenvalue weighted by Gasteiger charge is 2.18. The number of hydrogen-bond acceptors (Lipinski definition) is 6. The Bertz CT molecular complexity index is 436. The summed E-state index contributed by atoms with van der Waals surface area (Å²) in [4.78, 5) is 11.2. The summed E-state index contributed by atoms with van der Waals surface area (Å²) in [6, 6.07) is 0. The molecule has 0 aliphatic rings.